The highest BCUT2D eigenvalue weighted by molar-refractivity contribution is 7.20. The zero-order valence-electron chi connectivity index (χ0n) is 10.3. The number of amides is 1. The van der Waals surface area contributed by atoms with Gasteiger partial charge in [0.2, 0.25) is 0 Å². The number of ether oxygens (including phenoxy) is 1. The molecule has 1 unspecified atom stereocenters. The first-order chi connectivity index (χ1) is 8.74. The molecule has 2 aromatic heterocycles. The quantitative estimate of drug-likeness (QED) is 0.896. The first-order valence-corrected chi connectivity index (χ1v) is 6.57. The van der Waals surface area contributed by atoms with Gasteiger partial charge in [0.05, 0.1) is 17.0 Å². The van der Waals surface area contributed by atoms with Crippen LogP contribution < -0.4 is 5.32 Å². The summed E-state index contributed by atoms with van der Waals surface area (Å²) in [6.45, 7) is 2.52. The summed E-state index contributed by atoms with van der Waals surface area (Å²) in [5, 5.41) is 3.29. The Morgan fingerprint density at radius 2 is 2.44 bits per heavy atom. The molecule has 0 aromatic carbocycles. The number of carbonyl (C=O) groups is 1. The molecule has 0 aliphatic rings. The van der Waals surface area contributed by atoms with E-state index in [4.69, 9.17) is 4.74 Å². The molecular weight excluding hydrogens is 250 g/mol. The molecule has 0 saturated carbocycles. The van der Waals surface area contributed by atoms with E-state index in [-0.39, 0.29) is 12.0 Å². The maximum absolute atomic E-state index is 11.9. The number of nitrogens with zero attached hydrogens (tertiary/aromatic N) is 2. The smallest absolute Gasteiger partial charge is 0.280 e. The second kappa shape index (κ2) is 5.88. The van der Waals surface area contributed by atoms with Gasteiger partial charge in [0, 0.05) is 19.9 Å². The molecule has 0 saturated heterocycles. The number of hydrogen-bond acceptors (Lipinski definition) is 5. The molecule has 18 heavy (non-hydrogen) atoms. The summed E-state index contributed by atoms with van der Waals surface area (Å²) >= 11 is 1.37. The SMILES string of the molecule is CCC(CNC(=O)c1nc2cnccc2s1)OC. The Kier molecular flexibility index (Phi) is 4.22. The van der Waals surface area contributed by atoms with Crippen LogP contribution in [0.25, 0.3) is 10.2 Å². The van der Waals surface area contributed by atoms with Crippen molar-refractivity contribution in [2.75, 3.05) is 13.7 Å². The Labute approximate surface area is 109 Å². The summed E-state index contributed by atoms with van der Waals surface area (Å²) < 4.78 is 6.17. The number of nitrogens with one attached hydrogen (secondary N) is 1. The molecule has 0 fully saturated rings. The lowest BCUT2D eigenvalue weighted by Gasteiger charge is -2.12. The van der Waals surface area contributed by atoms with E-state index in [1.807, 2.05) is 13.0 Å². The van der Waals surface area contributed by atoms with Crippen molar-refractivity contribution in [2.24, 2.45) is 0 Å². The van der Waals surface area contributed by atoms with Gasteiger partial charge in [-0.25, -0.2) is 4.98 Å². The Morgan fingerprint density at radius 3 is 3.11 bits per heavy atom. The van der Waals surface area contributed by atoms with Crippen LogP contribution in [0.3, 0.4) is 0 Å². The zero-order chi connectivity index (χ0) is 13.0. The summed E-state index contributed by atoms with van der Waals surface area (Å²) in [4.78, 5) is 20.1. The molecular formula is C12H15N3O2S. The minimum absolute atomic E-state index is 0.0463. The molecule has 2 aromatic rings. The third kappa shape index (κ3) is 2.83. The van der Waals surface area contributed by atoms with Gasteiger partial charge in [0.15, 0.2) is 5.01 Å². The van der Waals surface area contributed by atoms with Gasteiger partial charge in [-0.3, -0.25) is 9.78 Å². The number of thiazole rings is 1. The molecule has 1 N–H and O–H groups in total. The fourth-order valence-corrected chi connectivity index (χ4v) is 2.40. The van der Waals surface area contributed by atoms with E-state index < -0.39 is 0 Å². The van der Waals surface area contributed by atoms with E-state index >= 15 is 0 Å². The molecule has 2 heterocycles. The summed E-state index contributed by atoms with van der Waals surface area (Å²) in [5.74, 6) is -0.160. The van der Waals surface area contributed by atoms with Crippen LogP contribution in [0.15, 0.2) is 18.5 Å². The highest BCUT2D eigenvalue weighted by Crippen LogP contribution is 2.20. The van der Waals surface area contributed by atoms with Crippen molar-refractivity contribution in [3.8, 4) is 0 Å². The lowest BCUT2D eigenvalue weighted by Crippen LogP contribution is -2.32. The summed E-state index contributed by atoms with van der Waals surface area (Å²) in [5.41, 5.74) is 0.756. The van der Waals surface area contributed by atoms with Crippen molar-refractivity contribution >= 4 is 27.5 Å². The van der Waals surface area contributed by atoms with E-state index in [2.05, 4.69) is 15.3 Å². The van der Waals surface area contributed by atoms with Crippen molar-refractivity contribution in [2.45, 2.75) is 19.4 Å². The molecule has 1 atom stereocenters. The van der Waals surface area contributed by atoms with Gasteiger partial charge in [0.25, 0.3) is 5.91 Å². The second-order valence-electron chi connectivity index (χ2n) is 3.84. The molecule has 0 aliphatic carbocycles. The number of fused-ring (bicyclic) bond motifs is 1. The van der Waals surface area contributed by atoms with Crippen molar-refractivity contribution in [1.29, 1.82) is 0 Å². The topological polar surface area (TPSA) is 64.1 Å². The molecule has 2 rings (SSSR count). The number of hydrogen-bond donors (Lipinski definition) is 1. The molecule has 1 amide bonds. The Bertz CT molecular complexity index is 504. The number of rotatable bonds is 5. The Balaban J connectivity index is 2.04. The van der Waals surface area contributed by atoms with Gasteiger partial charge in [-0.1, -0.05) is 6.92 Å². The minimum Gasteiger partial charge on any atom is -0.380 e. The van der Waals surface area contributed by atoms with Crippen LogP contribution in [0.1, 0.15) is 23.1 Å². The molecule has 6 heteroatoms. The second-order valence-corrected chi connectivity index (χ2v) is 4.87. The minimum atomic E-state index is -0.160. The van der Waals surface area contributed by atoms with Crippen LogP contribution in [-0.2, 0) is 4.74 Å². The maximum atomic E-state index is 11.9. The van der Waals surface area contributed by atoms with Crippen molar-refractivity contribution in [3.63, 3.8) is 0 Å². The fourth-order valence-electron chi connectivity index (χ4n) is 1.55. The monoisotopic (exact) mass is 265 g/mol. The first-order valence-electron chi connectivity index (χ1n) is 5.76. The van der Waals surface area contributed by atoms with Crippen LogP contribution in [-0.4, -0.2) is 35.6 Å². The van der Waals surface area contributed by atoms with Crippen LogP contribution in [0.2, 0.25) is 0 Å². The number of aromatic nitrogens is 2. The van der Waals surface area contributed by atoms with Gasteiger partial charge < -0.3 is 10.1 Å². The fraction of sp³-hybridized carbons (Fsp3) is 0.417. The lowest BCUT2D eigenvalue weighted by atomic mass is 10.3. The van der Waals surface area contributed by atoms with E-state index in [0.717, 1.165) is 16.6 Å². The van der Waals surface area contributed by atoms with Gasteiger partial charge in [0.1, 0.15) is 5.52 Å². The molecule has 0 bridgehead atoms. The average Bonchev–Trinajstić information content (AvgIpc) is 2.83. The number of methoxy groups -OCH3 is 1. The normalized spacial score (nSPS) is 12.6. The van der Waals surface area contributed by atoms with Crippen LogP contribution >= 0.6 is 11.3 Å². The largest absolute Gasteiger partial charge is 0.380 e. The van der Waals surface area contributed by atoms with Crippen molar-refractivity contribution in [3.05, 3.63) is 23.5 Å². The van der Waals surface area contributed by atoms with Crippen molar-refractivity contribution in [1.82, 2.24) is 15.3 Å². The maximum Gasteiger partial charge on any atom is 0.280 e. The van der Waals surface area contributed by atoms with Gasteiger partial charge >= 0.3 is 0 Å². The number of pyridine rings is 1. The zero-order valence-corrected chi connectivity index (χ0v) is 11.2. The molecule has 5 nitrogen and oxygen atoms in total. The summed E-state index contributed by atoms with van der Waals surface area (Å²) in [7, 11) is 1.64. The van der Waals surface area contributed by atoms with Gasteiger partial charge in [-0.05, 0) is 12.5 Å². The van der Waals surface area contributed by atoms with E-state index in [0.29, 0.717) is 11.6 Å². The van der Waals surface area contributed by atoms with Gasteiger partial charge in [-0.15, -0.1) is 11.3 Å². The summed E-state index contributed by atoms with van der Waals surface area (Å²) in [6.07, 6.45) is 4.26. The third-order valence-electron chi connectivity index (χ3n) is 2.66. The molecule has 0 aliphatic heterocycles. The number of carbonyl (C=O) groups excluding carboxylic acids is 1. The van der Waals surface area contributed by atoms with Crippen LogP contribution in [0.4, 0.5) is 0 Å². The highest BCUT2D eigenvalue weighted by Gasteiger charge is 2.13. The van der Waals surface area contributed by atoms with Crippen molar-refractivity contribution < 1.29 is 9.53 Å². The van der Waals surface area contributed by atoms with Crippen LogP contribution in [0.5, 0.6) is 0 Å². The van der Waals surface area contributed by atoms with E-state index in [9.17, 15) is 4.79 Å². The van der Waals surface area contributed by atoms with Crippen LogP contribution in [0, 0.1) is 0 Å². The average molecular weight is 265 g/mol. The molecule has 96 valence electrons. The molecule has 0 radical (unpaired) electrons. The Hall–Kier alpha value is -1.53. The Morgan fingerprint density at radius 1 is 1.61 bits per heavy atom. The van der Waals surface area contributed by atoms with E-state index in [1.165, 1.54) is 11.3 Å². The standard InChI is InChI=1S/C12H15N3O2S/c1-3-8(17-2)6-14-11(16)12-15-9-7-13-5-4-10(9)18-12/h4-5,7-8H,3,6H2,1-2H3,(H,14,16). The predicted octanol–water partition coefficient (Wildman–Crippen LogP) is 1.85. The van der Waals surface area contributed by atoms with E-state index in [1.54, 1.807) is 19.5 Å². The van der Waals surface area contributed by atoms with Gasteiger partial charge in [-0.2, -0.15) is 0 Å². The first kappa shape index (κ1) is 12.9. The lowest BCUT2D eigenvalue weighted by molar-refractivity contribution is 0.0815. The predicted molar refractivity (Wildman–Crippen MR) is 70.8 cm³/mol. The molecule has 0 spiro atoms. The summed E-state index contributed by atoms with van der Waals surface area (Å²) in [6, 6.07) is 1.85. The highest BCUT2D eigenvalue weighted by atomic mass is 32.1. The third-order valence-corrected chi connectivity index (χ3v) is 3.70.